The van der Waals surface area contributed by atoms with Gasteiger partial charge in [0.05, 0.1) is 11.4 Å². The highest BCUT2D eigenvalue weighted by atomic mass is 15.3. The second-order valence-corrected chi connectivity index (χ2v) is 5.48. The van der Waals surface area contributed by atoms with Crippen LogP contribution in [0.15, 0.2) is 30.3 Å². The van der Waals surface area contributed by atoms with Gasteiger partial charge in [-0.2, -0.15) is 5.10 Å². The zero-order chi connectivity index (χ0) is 13.4. The Morgan fingerprint density at radius 2 is 2.00 bits per heavy atom. The lowest BCUT2D eigenvalue weighted by molar-refractivity contribution is 0.627. The molecule has 1 heterocycles. The summed E-state index contributed by atoms with van der Waals surface area (Å²) in [5.74, 6) is 2.14. The van der Waals surface area contributed by atoms with Crippen LogP contribution in [0.2, 0.25) is 0 Å². The number of hydrogen-bond donors (Lipinski definition) is 1. The molecule has 0 spiro atoms. The van der Waals surface area contributed by atoms with Crippen molar-refractivity contribution in [3.8, 4) is 5.69 Å². The minimum atomic E-state index is 0.530. The lowest BCUT2D eigenvalue weighted by atomic mass is 9.97. The maximum Gasteiger partial charge on any atom is 0.130 e. The van der Waals surface area contributed by atoms with E-state index in [1.807, 2.05) is 35.0 Å². The molecule has 0 saturated heterocycles. The first-order chi connectivity index (χ1) is 9.22. The number of anilines is 1. The fourth-order valence-corrected chi connectivity index (χ4v) is 2.79. The number of hydrogen-bond acceptors (Lipinski definition) is 2. The molecule has 3 heteroatoms. The molecule has 1 fully saturated rings. The van der Waals surface area contributed by atoms with E-state index in [0.29, 0.717) is 5.92 Å². The van der Waals surface area contributed by atoms with E-state index in [0.717, 1.165) is 23.8 Å². The fraction of sp³-hybridized carbons (Fsp3) is 0.438. The summed E-state index contributed by atoms with van der Waals surface area (Å²) in [6.07, 6.45) is 3.62. The minimum absolute atomic E-state index is 0.530. The van der Waals surface area contributed by atoms with Gasteiger partial charge in [0, 0.05) is 11.5 Å². The van der Waals surface area contributed by atoms with Crippen molar-refractivity contribution in [2.75, 3.05) is 5.73 Å². The van der Waals surface area contributed by atoms with Gasteiger partial charge in [-0.3, -0.25) is 0 Å². The quantitative estimate of drug-likeness (QED) is 0.908. The van der Waals surface area contributed by atoms with Gasteiger partial charge in [-0.1, -0.05) is 32.0 Å². The van der Waals surface area contributed by atoms with E-state index in [4.69, 9.17) is 10.8 Å². The summed E-state index contributed by atoms with van der Waals surface area (Å²) in [5, 5.41) is 4.80. The van der Waals surface area contributed by atoms with Crippen LogP contribution in [0.25, 0.3) is 5.69 Å². The zero-order valence-corrected chi connectivity index (χ0v) is 11.6. The van der Waals surface area contributed by atoms with Gasteiger partial charge in [-0.05, 0) is 37.3 Å². The van der Waals surface area contributed by atoms with Crippen LogP contribution >= 0.6 is 0 Å². The molecule has 2 N–H and O–H groups in total. The fourth-order valence-electron chi connectivity index (χ4n) is 2.79. The number of aromatic nitrogens is 2. The second-order valence-electron chi connectivity index (χ2n) is 5.48. The molecule has 2 aromatic rings. The summed E-state index contributed by atoms with van der Waals surface area (Å²) < 4.78 is 1.90. The van der Waals surface area contributed by atoms with E-state index >= 15 is 0 Å². The Kier molecular flexibility index (Phi) is 3.05. The number of nitrogen functional groups attached to an aromatic ring is 1. The van der Waals surface area contributed by atoms with Crippen molar-refractivity contribution in [3.05, 3.63) is 41.6 Å². The van der Waals surface area contributed by atoms with E-state index in [-0.39, 0.29) is 0 Å². The number of benzene rings is 1. The van der Waals surface area contributed by atoms with Gasteiger partial charge in [0.25, 0.3) is 0 Å². The first-order valence-corrected chi connectivity index (χ1v) is 7.15. The van der Waals surface area contributed by atoms with Crippen LogP contribution in [-0.2, 0) is 6.42 Å². The van der Waals surface area contributed by atoms with Crippen molar-refractivity contribution in [3.63, 3.8) is 0 Å². The molecule has 0 aliphatic heterocycles. The predicted molar refractivity (Wildman–Crippen MR) is 78.5 cm³/mol. The molecule has 3 rings (SSSR count). The average Bonchev–Trinajstić information content (AvgIpc) is 3.23. The second kappa shape index (κ2) is 4.72. The first-order valence-electron chi connectivity index (χ1n) is 7.15. The highest BCUT2D eigenvalue weighted by molar-refractivity contribution is 5.51. The normalized spacial score (nSPS) is 16.5. The third-order valence-corrected chi connectivity index (χ3v) is 4.17. The summed E-state index contributed by atoms with van der Waals surface area (Å²) in [7, 11) is 0. The number of rotatable bonds is 4. The zero-order valence-electron chi connectivity index (χ0n) is 11.6. The Labute approximate surface area is 114 Å². The highest BCUT2D eigenvalue weighted by Gasteiger charge is 2.32. The molecule has 1 atom stereocenters. The Balaban J connectivity index is 2.06. The molecule has 100 valence electrons. The van der Waals surface area contributed by atoms with E-state index in [1.165, 1.54) is 24.1 Å². The summed E-state index contributed by atoms with van der Waals surface area (Å²) >= 11 is 0. The van der Waals surface area contributed by atoms with Crippen LogP contribution in [0, 0.1) is 5.92 Å². The summed E-state index contributed by atoms with van der Waals surface area (Å²) in [6.45, 7) is 4.44. The third kappa shape index (κ3) is 2.14. The van der Waals surface area contributed by atoms with Gasteiger partial charge in [-0.25, -0.2) is 4.68 Å². The Morgan fingerprint density at radius 1 is 1.32 bits per heavy atom. The molecule has 0 amide bonds. The van der Waals surface area contributed by atoms with Gasteiger partial charge in [-0.15, -0.1) is 0 Å². The Bertz CT molecular complexity index is 567. The lowest BCUT2D eigenvalue weighted by Gasteiger charge is -2.08. The smallest absolute Gasteiger partial charge is 0.130 e. The van der Waals surface area contributed by atoms with E-state index in [2.05, 4.69) is 13.8 Å². The molecule has 1 aromatic carbocycles. The SMILES string of the molecule is CCc1c(C(C)C2CC2)nn(-c2ccccc2)c1N. The molecule has 1 aliphatic rings. The summed E-state index contributed by atoms with van der Waals surface area (Å²) in [4.78, 5) is 0. The van der Waals surface area contributed by atoms with Crippen molar-refractivity contribution in [1.82, 2.24) is 9.78 Å². The third-order valence-electron chi connectivity index (χ3n) is 4.17. The van der Waals surface area contributed by atoms with Crippen LogP contribution in [0.3, 0.4) is 0 Å². The molecular formula is C16H21N3. The van der Waals surface area contributed by atoms with Crippen molar-refractivity contribution >= 4 is 5.82 Å². The van der Waals surface area contributed by atoms with Gasteiger partial charge in [0.15, 0.2) is 0 Å². The number of nitrogens with zero attached hydrogens (tertiary/aromatic N) is 2. The molecule has 1 unspecified atom stereocenters. The number of nitrogens with two attached hydrogens (primary N) is 1. The van der Waals surface area contributed by atoms with Crippen molar-refractivity contribution in [2.24, 2.45) is 5.92 Å². The molecule has 0 bridgehead atoms. The molecular weight excluding hydrogens is 234 g/mol. The maximum absolute atomic E-state index is 6.31. The average molecular weight is 255 g/mol. The van der Waals surface area contributed by atoms with Crippen LogP contribution < -0.4 is 5.73 Å². The molecule has 3 nitrogen and oxygen atoms in total. The first kappa shape index (κ1) is 12.3. The van der Waals surface area contributed by atoms with E-state index in [9.17, 15) is 0 Å². The summed E-state index contributed by atoms with van der Waals surface area (Å²) in [6, 6.07) is 10.2. The van der Waals surface area contributed by atoms with Crippen molar-refractivity contribution in [2.45, 2.75) is 39.0 Å². The Morgan fingerprint density at radius 3 is 2.58 bits per heavy atom. The molecule has 1 aliphatic carbocycles. The van der Waals surface area contributed by atoms with E-state index in [1.54, 1.807) is 0 Å². The largest absolute Gasteiger partial charge is 0.383 e. The highest BCUT2D eigenvalue weighted by Crippen LogP contribution is 2.43. The van der Waals surface area contributed by atoms with Gasteiger partial charge >= 0.3 is 0 Å². The Hall–Kier alpha value is -1.77. The van der Waals surface area contributed by atoms with Gasteiger partial charge < -0.3 is 5.73 Å². The van der Waals surface area contributed by atoms with Crippen LogP contribution in [0.5, 0.6) is 0 Å². The summed E-state index contributed by atoms with van der Waals surface area (Å²) in [5.41, 5.74) is 9.78. The predicted octanol–water partition coefficient (Wildman–Crippen LogP) is 3.53. The van der Waals surface area contributed by atoms with Crippen LogP contribution in [-0.4, -0.2) is 9.78 Å². The lowest BCUT2D eigenvalue weighted by Crippen LogP contribution is -2.02. The minimum Gasteiger partial charge on any atom is -0.383 e. The van der Waals surface area contributed by atoms with Crippen LogP contribution in [0.4, 0.5) is 5.82 Å². The van der Waals surface area contributed by atoms with Gasteiger partial charge in [0.1, 0.15) is 5.82 Å². The van der Waals surface area contributed by atoms with E-state index < -0.39 is 0 Å². The van der Waals surface area contributed by atoms with Gasteiger partial charge in [0.2, 0.25) is 0 Å². The maximum atomic E-state index is 6.31. The van der Waals surface area contributed by atoms with Crippen molar-refractivity contribution in [1.29, 1.82) is 0 Å². The topological polar surface area (TPSA) is 43.8 Å². The molecule has 1 aromatic heterocycles. The van der Waals surface area contributed by atoms with Crippen LogP contribution in [0.1, 0.15) is 43.9 Å². The molecule has 0 radical (unpaired) electrons. The standard InChI is InChI=1S/C16H21N3/c1-3-14-15(11(2)12-9-10-12)18-19(16(14)17)13-7-5-4-6-8-13/h4-8,11-12H,3,9-10,17H2,1-2H3. The number of para-hydroxylation sites is 1. The van der Waals surface area contributed by atoms with Crippen molar-refractivity contribution < 1.29 is 0 Å². The monoisotopic (exact) mass is 255 g/mol. The molecule has 1 saturated carbocycles. The molecule has 19 heavy (non-hydrogen) atoms.